The van der Waals surface area contributed by atoms with Gasteiger partial charge in [-0.3, -0.25) is 19.9 Å². The maximum absolute atomic E-state index is 12.8. The molecular formula is C46H49F9N6O6. The predicted molar refractivity (Wildman–Crippen MR) is 232 cm³/mol. The number of H-pyrrole nitrogens is 1. The lowest BCUT2D eigenvalue weighted by molar-refractivity contribution is -0.192. The fourth-order valence-corrected chi connectivity index (χ4v) is 6.18. The zero-order chi connectivity index (χ0) is 50.1. The van der Waals surface area contributed by atoms with Gasteiger partial charge in [0.25, 0.3) is 0 Å². The first-order chi connectivity index (χ1) is 30.9. The number of nitrogens with two attached hydrogens (primary N) is 1. The normalized spacial score (nSPS) is 12.2. The lowest BCUT2D eigenvalue weighted by Gasteiger charge is -2.20. The van der Waals surface area contributed by atoms with Crippen LogP contribution in [0.5, 0.6) is 0 Å². The van der Waals surface area contributed by atoms with E-state index in [-0.39, 0.29) is 0 Å². The van der Waals surface area contributed by atoms with Crippen molar-refractivity contribution in [2.75, 3.05) is 11.1 Å². The molecule has 0 unspecified atom stereocenters. The van der Waals surface area contributed by atoms with Crippen molar-refractivity contribution >= 4 is 51.3 Å². The molecule has 0 saturated carbocycles. The predicted octanol–water partition coefficient (Wildman–Crippen LogP) is 12.3. The zero-order valence-electron chi connectivity index (χ0n) is 37.1. The smallest absolute Gasteiger partial charge is 0.475 e. The molecule has 2 aromatic carbocycles. The molecule has 6 aromatic rings. The summed E-state index contributed by atoms with van der Waals surface area (Å²) in [6, 6.07) is 16.5. The van der Waals surface area contributed by atoms with Crippen LogP contribution >= 0.6 is 0 Å². The molecule has 0 bridgehead atoms. The molecule has 0 atom stereocenters. The number of carbonyl (C=O) groups excluding carboxylic acids is 2. The van der Waals surface area contributed by atoms with E-state index in [1.165, 1.54) is 22.9 Å². The van der Waals surface area contributed by atoms with Gasteiger partial charge in [-0.15, -0.1) is 0 Å². The highest BCUT2D eigenvalue weighted by Gasteiger charge is 2.38. The SMILES string of the molecule is CC(C)(C)OC(=O)Nc1cn(C(=O)OC(C)(C)C)c2ccc(CCCc3ccc(C(F)(F)F)cn3)cc12.Nc1c[nH]c2ccc(CCCc3ccc(C(F)(F)F)cn3)cc12.O=C(O)C(F)(F)F. The van der Waals surface area contributed by atoms with Crippen LogP contribution in [0, 0.1) is 0 Å². The fraction of sp³-hybridized carbons (Fsp3) is 0.370. The number of carboxylic acid groups (broad SMARTS) is 1. The Kier molecular flexibility index (Phi) is 16.7. The van der Waals surface area contributed by atoms with Crippen molar-refractivity contribution in [2.24, 2.45) is 0 Å². The summed E-state index contributed by atoms with van der Waals surface area (Å²) >= 11 is 0. The molecule has 12 nitrogen and oxygen atoms in total. The molecule has 6 rings (SSSR count). The van der Waals surface area contributed by atoms with E-state index in [2.05, 4.69) is 20.3 Å². The van der Waals surface area contributed by atoms with Crippen molar-refractivity contribution in [2.45, 2.75) is 110 Å². The van der Waals surface area contributed by atoms with E-state index in [9.17, 15) is 49.1 Å². The van der Waals surface area contributed by atoms with Gasteiger partial charge in [0.05, 0.1) is 28.0 Å². The first-order valence-corrected chi connectivity index (χ1v) is 20.5. The molecule has 67 heavy (non-hydrogen) atoms. The van der Waals surface area contributed by atoms with E-state index >= 15 is 0 Å². The molecular weight excluding hydrogens is 904 g/mol. The number of amides is 1. The molecule has 0 aliphatic rings. The van der Waals surface area contributed by atoms with Crippen molar-refractivity contribution in [1.29, 1.82) is 0 Å². The Labute approximate surface area is 378 Å². The van der Waals surface area contributed by atoms with Crippen molar-refractivity contribution in [3.05, 3.63) is 119 Å². The van der Waals surface area contributed by atoms with Gasteiger partial charge in [0, 0.05) is 52.5 Å². The van der Waals surface area contributed by atoms with Gasteiger partial charge in [0.15, 0.2) is 0 Å². The second-order valence-electron chi connectivity index (χ2n) is 17.1. The number of ether oxygens (including phenoxy) is 2. The first-order valence-electron chi connectivity index (χ1n) is 20.5. The first kappa shape index (κ1) is 52.8. The minimum atomic E-state index is -5.08. The zero-order valence-corrected chi connectivity index (χ0v) is 37.1. The Morgan fingerprint density at radius 2 is 1.16 bits per heavy atom. The highest BCUT2D eigenvalue weighted by Crippen LogP contribution is 2.32. The Morgan fingerprint density at radius 1 is 0.687 bits per heavy atom. The lowest BCUT2D eigenvalue weighted by Crippen LogP contribution is -2.27. The molecule has 0 aliphatic heterocycles. The molecule has 362 valence electrons. The van der Waals surface area contributed by atoms with Crippen LogP contribution in [-0.4, -0.2) is 60.2 Å². The molecule has 0 spiro atoms. The second-order valence-corrected chi connectivity index (χ2v) is 17.1. The number of carboxylic acids is 1. The van der Waals surface area contributed by atoms with Crippen molar-refractivity contribution in [3.63, 3.8) is 0 Å². The van der Waals surface area contributed by atoms with Crippen LogP contribution < -0.4 is 11.1 Å². The Morgan fingerprint density at radius 3 is 1.60 bits per heavy atom. The number of benzene rings is 2. The number of nitrogens with zero attached hydrogens (tertiary/aromatic N) is 3. The van der Waals surface area contributed by atoms with Crippen molar-refractivity contribution in [3.8, 4) is 0 Å². The number of hydrogen-bond donors (Lipinski definition) is 4. The summed E-state index contributed by atoms with van der Waals surface area (Å²) in [5, 5.41) is 11.5. The highest BCUT2D eigenvalue weighted by atomic mass is 19.4. The summed E-state index contributed by atoms with van der Waals surface area (Å²) in [7, 11) is 0. The van der Waals surface area contributed by atoms with Gasteiger partial charge in [-0.25, -0.2) is 14.4 Å². The Hall–Kier alpha value is -6.80. The minimum absolute atomic E-state index is 0.390. The van der Waals surface area contributed by atoms with Crippen LogP contribution in [-0.2, 0) is 52.3 Å². The number of fused-ring (bicyclic) bond motifs is 2. The maximum Gasteiger partial charge on any atom is 0.490 e. The third-order valence-electron chi connectivity index (χ3n) is 9.22. The van der Waals surface area contributed by atoms with Gasteiger partial charge < -0.3 is 25.3 Å². The maximum atomic E-state index is 12.8. The van der Waals surface area contributed by atoms with Crippen LogP contribution in [0.2, 0.25) is 0 Å². The number of nitrogens with one attached hydrogen (secondary N) is 2. The quantitative estimate of drug-likeness (QED) is 0.103. The van der Waals surface area contributed by atoms with E-state index < -0.39 is 59.0 Å². The molecule has 0 saturated heterocycles. The van der Waals surface area contributed by atoms with Crippen LogP contribution in [0.3, 0.4) is 0 Å². The standard InChI is InChI=1S/C27H32F3N3O4.C17H16F3N3.C2HF3O2/c1-25(2,3)36-23(34)32-21-16-33(24(35)37-26(4,5)6)22-13-10-17(14-20(21)22)8-7-9-19-12-11-18(15-31-19)27(28,29)30;18-17(19,20)12-5-6-13(22-9-12)3-1-2-11-4-7-16-14(8-11)15(21)10-23-16;3-2(4,5)1(6)7/h10-16H,7-9H2,1-6H3,(H,32,34);4-10,23H,1-3,21H2;(H,6,7). The van der Waals surface area contributed by atoms with Gasteiger partial charge in [-0.2, -0.15) is 39.5 Å². The topological polar surface area (TPSA) is 174 Å². The number of rotatable bonds is 9. The summed E-state index contributed by atoms with van der Waals surface area (Å²) in [5.41, 5.74) is 8.94. The van der Waals surface area contributed by atoms with E-state index in [1.54, 1.807) is 53.8 Å². The average Bonchev–Trinajstić information content (AvgIpc) is 3.75. The number of carbonyl (C=O) groups is 3. The lowest BCUT2D eigenvalue weighted by atomic mass is 10.0. The van der Waals surface area contributed by atoms with Gasteiger partial charge in [-0.05, 0) is 140 Å². The largest absolute Gasteiger partial charge is 0.490 e. The van der Waals surface area contributed by atoms with Crippen LogP contribution in [0.4, 0.5) is 60.5 Å². The van der Waals surface area contributed by atoms with E-state index in [0.717, 1.165) is 59.4 Å². The Bertz CT molecular complexity index is 2620. The van der Waals surface area contributed by atoms with Gasteiger partial charge in [0.2, 0.25) is 0 Å². The number of aryl methyl sites for hydroxylation is 4. The molecule has 4 heterocycles. The van der Waals surface area contributed by atoms with Gasteiger partial charge in [0.1, 0.15) is 11.2 Å². The third-order valence-corrected chi connectivity index (χ3v) is 9.22. The number of hydrogen-bond acceptors (Lipinski definition) is 8. The number of pyridine rings is 2. The second kappa shape index (κ2) is 21.2. The third kappa shape index (κ3) is 16.5. The summed E-state index contributed by atoms with van der Waals surface area (Å²) in [5.74, 6) is -2.76. The van der Waals surface area contributed by atoms with Crippen molar-refractivity contribution < 1.29 is 68.5 Å². The number of aromatic nitrogens is 4. The number of aliphatic carboxylic acids is 1. The minimum Gasteiger partial charge on any atom is -0.475 e. The number of anilines is 2. The number of halogens is 9. The summed E-state index contributed by atoms with van der Waals surface area (Å²) in [6.07, 6.45) is -6.05. The van der Waals surface area contributed by atoms with E-state index in [1.807, 2.05) is 30.3 Å². The van der Waals surface area contributed by atoms with E-state index in [4.69, 9.17) is 25.1 Å². The number of nitrogen functional groups attached to an aromatic ring is 1. The molecule has 0 radical (unpaired) electrons. The molecule has 5 N–H and O–H groups in total. The molecule has 0 aliphatic carbocycles. The highest BCUT2D eigenvalue weighted by molar-refractivity contribution is 6.03. The number of alkyl halides is 9. The van der Waals surface area contributed by atoms with Gasteiger partial charge >= 0.3 is 36.7 Å². The monoisotopic (exact) mass is 952 g/mol. The Balaban J connectivity index is 0.000000276. The van der Waals surface area contributed by atoms with Crippen molar-refractivity contribution in [1.82, 2.24) is 19.5 Å². The molecule has 1 amide bonds. The molecule has 21 heteroatoms. The van der Waals surface area contributed by atoms with Gasteiger partial charge in [-0.1, -0.05) is 12.1 Å². The molecule has 4 aromatic heterocycles. The fourth-order valence-electron chi connectivity index (χ4n) is 6.18. The van der Waals surface area contributed by atoms with Crippen LogP contribution in [0.15, 0.2) is 85.5 Å². The van der Waals surface area contributed by atoms with E-state index in [0.29, 0.717) is 59.3 Å². The van der Waals surface area contributed by atoms with Crippen LogP contribution in [0.1, 0.15) is 88.0 Å². The summed E-state index contributed by atoms with van der Waals surface area (Å²) < 4.78 is 120. The number of aromatic amines is 1. The average molecular weight is 953 g/mol. The van der Waals surface area contributed by atoms with Crippen LogP contribution in [0.25, 0.3) is 21.8 Å². The summed E-state index contributed by atoms with van der Waals surface area (Å²) in [6.45, 7) is 10.5. The molecule has 0 fully saturated rings. The summed E-state index contributed by atoms with van der Waals surface area (Å²) in [4.78, 5) is 45.1.